The van der Waals surface area contributed by atoms with Gasteiger partial charge in [0.1, 0.15) is 17.1 Å². The van der Waals surface area contributed by atoms with Crippen molar-refractivity contribution in [3.8, 4) is 5.75 Å². The lowest BCUT2D eigenvalue weighted by Gasteiger charge is -2.02. The van der Waals surface area contributed by atoms with Crippen LogP contribution < -0.4 is 4.74 Å². The van der Waals surface area contributed by atoms with Crippen LogP contribution in [0.25, 0.3) is 12.2 Å². The first-order valence-electron chi connectivity index (χ1n) is 7.75. The molecule has 0 amide bonds. The molecule has 3 aromatic rings. The maximum Gasteiger partial charge on any atom is 0.185 e. The molecule has 0 atom stereocenters. The standard InChI is InChI=1S/C20H17ClN2O2/c1-14-20(22-13-16-8-3-5-9-17(16)21)19(25-23-14)12-11-15-7-4-6-10-18(15)24-2/h3-13H,1-2H3/b12-11+,22-13?. The number of hydrogen-bond acceptors (Lipinski definition) is 4. The van der Waals surface area contributed by atoms with Crippen LogP contribution in [0.3, 0.4) is 0 Å². The van der Waals surface area contributed by atoms with Crippen LogP contribution in [0.2, 0.25) is 5.02 Å². The summed E-state index contributed by atoms with van der Waals surface area (Å²) in [5, 5.41) is 4.65. The van der Waals surface area contributed by atoms with Crippen molar-refractivity contribution >= 4 is 35.7 Å². The molecule has 1 heterocycles. The predicted molar refractivity (Wildman–Crippen MR) is 102 cm³/mol. The van der Waals surface area contributed by atoms with Gasteiger partial charge < -0.3 is 9.26 Å². The van der Waals surface area contributed by atoms with Crippen LogP contribution in [0.4, 0.5) is 5.69 Å². The normalized spacial score (nSPS) is 11.5. The summed E-state index contributed by atoms with van der Waals surface area (Å²) in [6.07, 6.45) is 5.45. The van der Waals surface area contributed by atoms with Crippen molar-refractivity contribution < 1.29 is 9.26 Å². The molecule has 1 aromatic heterocycles. The third kappa shape index (κ3) is 3.98. The average Bonchev–Trinajstić information content (AvgIpc) is 2.99. The molecular formula is C20H17ClN2O2. The van der Waals surface area contributed by atoms with Crippen molar-refractivity contribution in [2.45, 2.75) is 6.92 Å². The maximum atomic E-state index is 6.16. The molecule has 0 spiro atoms. The number of para-hydroxylation sites is 1. The molecule has 0 saturated carbocycles. The summed E-state index contributed by atoms with van der Waals surface area (Å²) < 4.78 is 10.7. The molecule has 0 aliphatic carbocycles. The summed E-state index contributed by atoms with van der Waals surface area (Å²) in [6, 6.07) is 15.3. The number of methoxy groups -OCH3 is 1. The van der Waals surface area contributed by atoms with E-state index < -0.39 is 0 Å². The molecule has 25 heavy (non-hydrogen) atoms. The van der Waals surface area contributed by atoms with Gasteiger partial charge in [-0.3, -0.25) is 4.99 Å². The van der Waals surface area contributed by atoms with E-state index in [2.05, 4.69) is 10.1 Å². The molecule has 4 nitrogen and oxygen atoms in total. The van der Waals surface area contributed by atoms with Gasteiger partial charge in [0.05, 0.1) is 7.11 Å². The van der Waals surface area contributed by atoms with E-state index in [-0.39, 0.29) is 0 Å². The highest BCUT2D eigenvalue weighted by molar-refractivity contribution is 6.33. The lowest BCUT2D eigenvalue weighted by molar-refractivity contribution is 0.408. The molecule has 0 N–H and O–H groups in total. The van der Waals surface area contributed by atoms with E-state index in [0.717, 1.165) is 16.9 Å². The Hall–Kier alpha value is -2.85. The summed E-state index contributed by atoms with van der Waals surface area (Å²) in [7, 11) is 1.64. The van der Waals surface area contributed by atoms with Crippen LogP contribution in [0.1, 0.15) is 22.6 Å². The zero-order chi connectivity index (χ0) is 17.6. The van der Waals surface area contributed by atoms with Crippen molar-refractivity contribution in [1.82, 2.24) is 5.16 Å². The smallest absolute Gasteiger partial charge is 0.185 e. The summed E-state index contributed by atoms with van der Waals surface area (Å²) in [4.78, 5) is 4.50. The number of hydrogen-bond donors (Lipinski definition) is 0. The van der Waals surface area contributed by atoms with Crippen LogP contribution in [-0.4, -0.2) is 18.5 Å². The van der Waals surface area contributed by atoms with Gasteiger partial charge in [0.2, 0.25) is 0 Å². The first-order valence-corrected chi connectivity index (χ1v) is 8.13. The minimum Gasteiger partial charge on any atom is -0.496 e. The molecule has 5 heteroatoms. The van der Waals surface area contributed by atoms with Crippen molar-refractivity contribution in [2.24, 2.45) is 4.99 Å². The second kappa shape index (κ2) is 7.81. The summed E-state index contributed by atoms with van der Waals surface area (Å²) in [5.74, 6) is 1.36. The number of aliphatic imine (C=N–C) groups is 1. The van der Waals surface area contributed by atoms with Gasteiger partial charge in [-0.05, 0) is 31.2 Å². The maximum absolute atomic E-state index is 6.16. The van der Waals surface area contributed by atoms with Gasteiger partial charge in [0, 0.05) is 22.4 Å². The van der Waals surface area contributed by atoms with Crippen LogP contribution in [0.5, 0.6) is 5.75 Å². The second-order valence-electron chi connectivity index (χ2n) is 5.34. The first kappa shape index (κ1) is 17.0. The molecule has 0 saturated heterocycles. The number of aromatic nitrogens is 1. The first-order chi connectivity index (χ1) is 12.2. The molecule has 126 valence electrons. The summed E-state index contributed by atoms with van der Waals surface area (Å²) >= 11 is 6.16. The number of rotatable bonds is 5. The lowest BCUT2D eigenvalue weighted by Crippen LogP contribution is -1.85. The second-order valence-corrected chi connectivity index (χ2v) is 5.74. The van der Waals surface area contributed by atoms with Gasteiger partial charge in [-0.15, -0.1) is 0 Å². The number of aryl methyl sites for hydroxylation is 1. The Bertz CT molecular complexity index is 929. The fourth-order valence-electron chi connectivity index (χ4n) is 2.33. The van der Waals surface area contributed by atoms with Gasteiger partial charge in [-0.25, -0.2) is 0 Å². The zero-order valence-corrected chi connectivity index (χ0v) is 14.7. The fraction of sp³-hybridized carbons (Fsp3) is 0.100. The van der Waals surface area contributed by atoms with Crippen molar-refractivity contribution in [3.63, 3.8) is 0 Å². The van der Waals surface area contributed by atoms with Gasteiger partial charge >= 0.3 is 0 Å². The van der Waals surface area contributed by atoms with Crippen LogP contribution in [0, 0.1) is 6.92 Å². The fourth-order valence-corrected chi connectivity index (χ4v) is 2.52. The highest BCUT2D eigenvalue weighted by Crippen LogP contribution is 2.27. The predicted octanol–water partition coefficient (Wildman–Crippen LogP) is 5.57. The number of halogens is 1. The van der Waals surface area contributed by atoms with E-state index in [0.29, 0.717) is 22.2 Å². The van der Waals surface area contributed by atoms with Gasteiger partial charge in [0.25, 0.3) is 0 Å². The Labute approximate surface area is 151 Å². The van der Waals surface area contributed by atoms with Gasteiger partial charge in [-0.2, -0.15) is 0 Å². The molecule has 2 aromatic carbocycles. The molecular weight excluding hydrogens is 336 g/mol. The number of benzene rings is 2. The average molecular weight is 353 g/mol. The molecule has 3 rings (SSSR count). The Morgan fingerprint density at radius 1 is 1.04 bits per heavy atom. The Balaban J connectivity index is 1.89. The summed E-state index contributed by atoms with van der Waals surface area (Å²) in [6.45, 7) is 1.85. The molecule has 0 fully saturated rings. The Kier molecular flexibility index (Phi) is 5.31. The van der Waals surface area contributed by atoms with Crippen molar-refractivity contribution in [2.75, 3.05) is 7.11 Å². The van der Waals surface area contributed by atoms with E-state index in [1.807, 2.05) is 67.6 Å². The molecule has 0 aliphatic heterocycles. The third-order valence-electron chi connectivity index (χ3n) is 3.65. The number of ether oxygens (including phenoxy) is 1. The van der Waals surface area contributed by atoms with Crippen molar-refractivity contribution in [3.05, 3.63) is 76.1 Å². The van der Waals surface area contributed by atoms with Crippen molar-refractivity contribution in [1.29, 1.82) is 0 Å². The molecule has 0 bridgehead atoms. The van der Waals surface area contributed by atoms with Crippen LogP contribution in [-0.2, 0) is 0 Å². The van der Waals surface area contributed by atoms with Gasteiger partial charge in [-0.1, -0.05) is 53.2 Å². The van der Waals surface area contributed by atoms with Gasteiger partial charge in [0.15, 0.2) is 5.76 Å². The largest absolute Gasteiger partial charge is 0.496 e. The van der Waals surface area contributed by atoms with E-state index in [4.69, 9.17) is 20.9 Å². The molecule has 0 aliphatic rings. The lowest BCUT2D eigenvalue weighted by atomic mass is 10.1. The monoisotopic (exact) mass is 352 g/mol. The quantitative estimate of drug-likeness (QED) is 0.564. The number of nitrogens with zero attached hydrogens (tertiary/aromatic N) is 2. The minimum atomic E-state index is 0.576. The molecule has 0 unspecified atom stereocenters. The Morgan fingerprint density at radius 2 is 1.76 bits per heavy atom. The van der Waals surface area contributed by atoms with Crippen LogP contribution in [0.15, 0.2) is 58.0 Å². The summed E-state index contributed by atoms with van der Waals surface area (Å²) in [5.41, 5.74) is 3.17. The zero-order valence-electron chi connectivity index (χ0n) is 13.9. The minimum absolute atomic E-state index is 0.576. The third-order valence-corrected chi connectivity index (χ3v) is 3.99. The topological polar surface area (TPSA) is 47.6 Å². The van der Waals surface area contributed by atoms with Crippen LogP contribution >= 0.6 is 11.6 Å². The SMILES string of the molecule is COc1ccccc1/C=C/c1onc(C)c1N=Cc1ccccc1Cl. The highest BCUT2D eigenvalue weighted by atomic mass is 35.5. The van der Waals surface area contributed by atoms with E-state index >= 15 is 0 Å². The molecule has 0 radical (unpaired) electrons. The Morgan fingerprint density at radius 3 is 2.52 bits per heavy atom. The highest BCUT2D eigenvalue weighted by Gasteiger charge is 2.09. The van der Waals surface area contributed by atoms with E-state index in [9.17, 15) is 0 Å². The van der Waals surface area contributed by atoms with E-state index in [1.165, 1.54) is 0 Å². The van der Waals surface area contributed by atoms with E-state index in [1.54, 1.807) is 13.3 Å².